The number of rotatable bonds is 5. The van der Waals surface area contributed by atoms with Gasteiger partial charge in [0.1, 0.15) is 0 Å². The van der Waals surface area contributed by atoms with Crippen LogP contribution in [0.5, 0.6) is 0 Å². The van der Waals surface area contributed by atoms with Gasteiger partial charge in [0.2, 0.25) is 0 Å². The van der Waals surface area contributed by atoms with Crippen LogP contribution in [0.1, 0.15) is 43.0 Å². The highest BCUT2D eigenvalue weighted by Gasteiger charge is 2.32. The molecule has 35 heavy (non-hydrogen) atoms. The van der Waals surface area contributed by atoms with Gasteiger partial charge in [-0.1, -0.05) is 48.5 Å². The number of fused-ring (bicyclic) bond motifs is 2. The molecule has 6 nitrogen and oxygen atoms in total. The normalized spacial score (nSPS) is 12.8. The van der Waals surface area contributed by atoms with Crippen molar-refractivity contribution in [2.75, 3.05) is 11.9 Å². The molecule has 0 saturated carbocycles. The lowest BCUT2D eigenvalue weighted by molar-refractivity contribution is -0.142. The smallest absolute Gasteiger partial charge is 0.416 e. The summed E-state index contributed by atoms with van der Waals surface area (Å²) in [6, 6.07) is 15.0. The number of esters is 1. The predicted octanol–water partition coefficient (Wildman–Crippen LogP) is 4.68. The second-order valence-corrected chi connectivity index (χ2v) is 7.54. The Morgan fingerprint density at radius 1 is 0.829 bits per heavy atom. The maximum atomic E-state index is 13.0. The highest BCUT2D eigenvalue weighted by molar-refractivity contribution is 6.30. The Kier molecular flexibility index (Phi) is 6.33. The fourth-order valence-corrected chi connectivity index (χ4v) is 3.57. The molecule has 0 atom stereocenters. The number of carbonyl (C=O) groups is 4. The van der Waals surface area contributed by atoms with Crippen molar-refractivity contribution in [3.63, 3.8) is 0 Å². The molecule has 1 amide bonds. The third-order valence-electron chi connectivity index (χ3n) is 5.22. The monoisotopic (exact) mass is 479 g/mol. The summed E-state index contributed by atoms with van der Waals surface area (Å²) in [5.41, 5.74) is 0.339. The first-order chi connectivity index (χ1) is 16.6. The van der Waals surface area contributed by atoms with Crippen LogP contribution in [0.25, 0.3) is 6.08 Å². The molecular formula is C26H16F3NO5. The van der Waals surface area contributed by atoms with Crippen LogP contribution < -0.4 is 5.32 Å². The molecule has 0 saturated heterocycles. The lowest BCUT2D eigenvalue weighted by Gasteiger charge is -2.20. The highest BCUT2D eigenvalue weighted by Crippen LogP contribution is 2.32. The zero-order chi connectivity index (χ0) is 25.2. The van der Waals surface area contributed by atoms with E-state index in [1.165, 1.54) is 42.5 Å². The van der Waals surface area contributed by atoms with Crippen LogP contribution in [0.4, 0.5) is 18.9 Å². The molecule has 1 aliphatic carbocycles. The second-order valence-electron chi connectivity index (χ2n) is 7.54. The zero-order valence-corrected chi connectivity index (χ0v) is 17.9. The molecule has 0 spiro atoms. The number of halogens is 3. The molecule has 3 aromatic carbocycles. The van der Waals surface area contributed by atoms with Crippen molar-refractivity contribution in [3.8, 4) is 0 Å². The average molecular weight is 479 g/mol. The molecule has 9 heteroatoms. The minimum atomic E-state index is -4.46. The van der Waals surface area contributed by atoms with E-state index in [4.69, 9.17) is 4.74 Å². The van der Waals surface area contributed by atoms with Gasteiger partial charge >= 0.3 is 12.1 Å². The maximum absolute atomic E-state index is 13.0. The third-order valence-corrected chi connectivity index (χ3v) is 5.22. The van der Waals surface area contributed by atoms with Crippen LogP contribution in [0.15, 0.2) is 72.8 Å². The van der Waals surface area contributed by atoms with Gasteiger partial charge in [-0.25, -0.2) is 4.79 Å². The van der Waals surface area contributed by atoms with E-state index in [0.717, 1.165) is 18.2 Å². The summed E-state index contributed by atoms with van der Waals surface area (Å²) in [6.45, 7) is -0.682. The van der Waals surface area contributed by atoms with Gasteiger partial charge < -0.3 is 10.1 Å². The summed E-state index contributed by atoms with van der Waals surface area (Å²) < 4.78 is 42.7. The summed E-state index contributed by atoms with van der Waals surface area (Å²) in [6.07, 6.45) is -2.25. The Balaban J connectivity index is 1.39. The van der Waals surface area contributed by atoms with Crippen LogP contribution in [-0.4, -0.2) is 30.0 Å². The first-order valence-electron chi connectivity index (χ1n) is 10.3. The first-order valence-corrected chi connectivity index (χ1v) is 10.3. The standard InChI is InChI=1S/C26H16F3NO5/c27-26(28,29)16-11-8-15(9-12-16)10-13-22(32)35-14-21(31)30-20-7-3-6-19-23(20)25(34)18-5-2-1-4-17(18)24(19)33/h1-13H,14H2,(H,30,31)/b13-10+. The number of hydrogen-bond acceptors (Lipinski definition) is 5. The van der Waals surface area contributed by atoms with E-state index in [0.29, 0.717) is 5.56 Å². The number of ether oxygens (including phenoxy) is 1. The van der Waals surface area contributed by atoms with Crippen molar-refractivity contribution in [1.82, 2.24) is 0 Å². The average Bonchev–Trinajstić information content (AvgIpc) is 2.84. The second kappa shape index (κ2) is 9.38. The van der Waals surface area contributed by atoms with Gasteiger partial charge in [0, 0.05) is 22.8 Å². The van der Waals surface area contributed by atoms with E-state index < -0.39 is 36.0 Å². The number of anilines is 1. The number of alkyl halides is 3. The van der Waals surface area contributed by atoms with Crippen molar-refractivity contribution >= 4 is 35.2 Å². The lowest BCUT2D eigenvalue weighted by atomic mass is 9.83. The molecule has 0 radical (unpaired) electrons. The SMILES string of the molecule is O=C(COC(=O)/C=C/c1ccc(C(F)(F)F)cc1)Nc1cccc2c1C(=O)c1ccccc1C2=O. The Morgan fingerprint density at radius 2 is 1.46 bits per heavy atom. The van der Waals surface area contributed by atoms with Gasteiger partial charge in [-0.3, -0.25) is 14.4 Å². The Labute approximate surface area is 197 Å². The third kappa shape index (κ3) is 5.03. The Hall–Kier alpha value is -4.53. The van der Waals surface area contributed by atoms with Crippen molar-refractivity contribution in [1.29, 1.82) is 0 Å². The lowest BCUT2D eigenvalue weighted by Crippen LogP contribution is -2.25. The minimum Gasteiger partial charge on any atom is -0.452 e. The molecule has 176 valence electrons. The van der Waals surface area contributed by atoms with Crippen LogP contribution in [-0.2, 0) is 20.5 Å². The molecule has 4 rings (SSSR count). The number of benzene rings is 3. The maximum Gasteiger partial charge on any atom is 0.416 e. The Morgan fingerprint density at radius 3 is 2.11 bits per heavy atom. The molecule has 0 aliphatic heterocycles. The molecule has 0 bridgehead atoms. The van der Waals surface area contributed by atoms with E-state index in [2.05, 4.69) is 5.32 Å². The molecule has 0 fully saturated rings. The fourth-order valence-electron chi connectivity index (χ4n) is 3.57. The summed E-state index contributed by atoms with van der Waals surface area (Å²) >= 11 is 0. The van der Waals surface area contributed by atoms with E-state index >= 15 is 0 Å². The number of amides is 1. The van der Waals surface area contributed by atoms with Crippen molar-refractivity contribution in [2.24, 2.45) is 0 Å². The molecule has 1 aliphatic rings. The first kappa shape index (κ1) is 23.6. The number of carbonyl (C=O) groups excluding carboxylic acids is 4. The van der Waals surface area contributed by atoms with E-state index in [1.54, 1.807) is 18.2 Å². The van der Waals surface area contributed by atoms with Crippen molar-refractivity contribution in [2.45, 2.75) is 6.18 Å². The molecule has 0 heterocycles. The molecule has 0 unspecified atom stereocenters. The summed E-state index contributed by atoms with van der Waals surface area (Å²) in [4.78, 5) is 49.9. The van der Waals surface area contributed by atoms with Crippen molar-refractivity contribution in [3.05, 3.63) is 106 Å². The summed E-state index contributed by atoms with van der Waals surface area (Å²) in [5, 5.41) is 2.48. The fraction of sp³-hybridized carbons (Fsp3) is 0.0769. The number of hydrogen-bond donors (Lipinski definition) is 1. The predicted molar refractivity (Wildman–Crippen MR) is 120 cm³/mol. The van der Waals surface area contributed by atoms with Crippen LogP contribution in [0.2, 0.25) is 0 Å². The quantitative estimate of drug-likeness (QED) is 0.332. The van der Waals surface area contributed by atoms with Crippen LogP contribution >= 0.6 is 0 Å². The largest absolute Gasteiger partial charge is 0.452 e. The zero-order valence-electron chi connectivity index (χ0n) is 17.9. The summed E-state index contributed by atoms with van der Waals surface area (Å²) in [5.74, 6) is -2.39. The molecule has 0 aromatic heterocycles. The minimum absolute atomic E-state index is 0.0538. The van der Waals surface area contributed by atoms with E-state index in [9.17, 15) is 32.3 Å². The topological polar surface area (TPSA) is 89.5 Å². The molecule has 3 aromatic rings. The summed E-state index contributed by atoms with van der Waals surface area (Å²) in [7, 11) is 0. The van der Waals surface area contributed by atoms with Gasteiger partial charge in [-0.15, -0.1) is 0 Å². The number of ketones is 2. The Bertz CT molecular complexity index is 1370. The van der Waals surface area contributed by atoms with E-state index in [1.807, 2.05) is 0 Å². The van der Waals surface area contributed by atoms with Gasteiger partial charge in [0.25, 0.3) is 5.91 Å². The number of nitrogens with one attached hydrogen (secondary N) is 1. The van der Waals surface area contributed by atoms with Gasteiger partial charge in [0.15, 0.2) is 18.2 Å². The molecular weight excluding hydrogens is 463 g/mol. The van der Waals surface area contributed by atoms with Crippen LogP contribution in [0.3, 0.4) is 0 Å². The van der Waals surface area contributed by atoms with Crippen molar-refractivity contribution < 1.29 is 37.1 Å². The molecule has 1 N–H and O–H groups in total. The van der Waals surface area contributed by atoms with Gasteiger partial charge in [0.05, 0.1) is 16.8 Å². The van der Waals surface area contributed by atoms with Crippen LogP contribution in [0, 0.1) is 0 Å². The van der Waals surface area contributed by atoms with E-state index in [-0.39, 0.29) is 33.7 Å². The van der Waals surface area contributed by atoms with Gasteiger partial charge in [-0.2, -0.15) is 13.2 Å². The highest BCUT2D eigenvalue weighted by atomic mass is 19.4. The van der Waals surface area contributed by atoms with Gasteiger partial charge in [-0.05, 0) is 29.8 Å².